The van der Waals surface area contributed by atoms with E-state index >= 15 is 0 Å². The van der Waals surface area contributed by atoms with Gasteiger partial charge < -0.3 is 9.64 Å². The lowest BCUT2D eigenvalue weighted by Crippen LogP contribution is -2.42. The summed E-state index contributed by atoms with van der Waals surface area (Å²) in [7, 11) is 0. The Morgan fingerprint density at radius 3 is 2.75 bits per heavy atom. The van der Waals surface area contributed by atoms with Crippen LogP contribution in [0.15, 0.2) is 66.9 Å². The first kappa shape index (κ1) is 14.8. The molecular formula is C20H18N2O2. The maximum atomic E-state index is 12.9. The van der Waals surface area contributed by atoms with Crippen LogP contribution in [0.2, 0.25) is 0 Å². The predicted molar refractivity (Wildman–Crippen MR) is 92.8 cm³/mol. The van der Waals surface area contributed by atoms with Crippen molar-refractivity contribution in [3.63, 3.8) is 0 Å². The fourth-order valence-electron chi connectivity index (χ4n) is 3.07. The molecule has 2 heterocycles. The third kappa shape index (κ3) is 2.88. The van der Waals surface area contributed by atoms with E-state index in [9.17, 15) is 4.79 Å². The Balaban J connectivity index is 1.56. The summed E-state index contributed by atoms with van der Waals surface area (Å²) in [6.45, 7) is 1.72. The summed E-state index contributed by atoms with van der Waals surface area (Å²) >= 11 is 0. The van der Waals surface area contributed by atoms with Gasteiger partial charge in [-0.2, -0.15) is 0 Å². The zero-order valence-corrected chi connectivity index (χ0v) is 13.3. The summed E-state index contributed by atoms with van der Waals surface area (Å²) in [5.74, 6) is 0.0116. The Bertz CT molecular complexity index is 864. The molecule has 1 unspecified atom stereocenters. The summed E-state index contributed by atoms with van der Waals surface area (Å²) in [4.78, 5) is 19.1. The third-order valence-corrected chi connectivity index (χ3v) is 4.36. The molecule has 0 spiro atoms. The van der Waals surface area contributed by atoms with E-state index in [1.54, 1.807) is 6.20 Å². The van der Waals surface area contributed by atoms with Gasteiger partial charge in [0.05, 0.1) is 24.2 Å². The van der Waals surface area contributed by atoms with Crippen molar-refractivity contribution in [3.8, 4) is 0 Å². The first-order valence-electron chi connectivity index (χ1n) is 8.12. The van der Waals surface area contributed by atoms with Gasteiger partial charge in [0, 0.05) is 18.1 Å². The maximum Gasteiger partial charge on any atom is 0.255 e. The smallest absolute Gasteiger partial charge is 0.255 e. The standard InChI is InChI=1S/C20H18N2O2/c23-20(17-12-16-8-4-5-9-18(16)21-13-17)22-10-11-24-19(14-22)15-6-2-1-3-7-15/h1-9,12-13,19H,10-11,14H2. The lowest BCUT2D eigenvalue weighted by atomic mass is 10.1. The van der Waals surface area contributed by atoms with Gasteiger partial charge in [-0.15, -0.1) is 0 Å². The minimum Gasteiger partial charge on any atom is -0.370 e. The van der Waals surface area contributed by atoms with Crippen molar-refractivity contribution in [2.75, 3.05) is 19.7 Å². The lowest BCUT2D eigenvalue weighted by Gasteiger charge is -2.33. The van der Waals surface area contributed by atoms with E-state index in [0.717, 1.165) is 16.5 Å². The number of morpholine rings is 1. The van der Waals surface area contributed by atoms with Crippen molar-refractivity contribution < 1.29 is 9.53 Å². The second kappa shape index (κ2) is 6.42. The Hall–Kier alpha value is -2.72. The number of para-hydroxylation sites is 1. The van der Waals surface area contributed by atoms with Gasteiger partial charge in [-0.25, -0.2) is 0 Å². The van der Waals surface area contributed by atoms with Gasteiger partial charge in [0.2, 0.25) is 0 Å². The predicted octanol–water partition coefficient (Wildman–Crippen LogP) is 3.45. The molecular weight excluding hydrogens is 300 g/mol. The molecule has 1 fully saturated rings. The van der Waals surface area contributed by atoms with E-state index in [-0.39, 0.29) is 12.0 Å². The number of hydrogen-bond acceptors (Lipinski definition) is 3. The zero-order chi connectivity index (χ0) is 16.4. The number of ether oxygens (including phenoxy) is 1. The van der Waals surface area contributed by atoms with Crippen molar-refractivity contribution in [2.24, 2.45) is 0 Å². The summed E-state index contributed by atoms with van der Waals surface area (Å²) in [6, 6.07) is 19.8. The minimum absolute atomic E-state index is 0.0116. The van der Waals surface area contributed by atoms with Crippen LogP contribution < -0.4 is 0 Å². The highest BCUT2D eigenvalue weighted by Gasteiger charge is 2.26. The second-order valence-corrected chi connectivity index (χ2v) is 5.94. The SMILES string of the molecule is O=C(c1cnc2ccccc2c1)N1CCOC(c2ccccc2)C1. The van der Waals surface area contributed by atoms with Crippen LogP contribution in [0.4, 0.5) is 0 Å². The normalized spacial score (nSPS) is 17.8. The molecule has 2 aromatic carbocycles. The van der Waals surface area contributed by atoms with E-state index in [1.165, 1.54) is 0 Å². The molecule has 1 aromatic heterocycles. The van der Waals surface area contributed by atoms with Crippen LogP contribution in [-0.2, 0) is 4.74 Å². The van der Waals surface area contributed by atoms with Crippen LogP contribution in [0.25, 0.3) is 10.9 Å². The van der Waals surface area contributed by atoms with Crippen molar-refractivity contribution >= 4 is 16.8 Å². The molecule has 120 valence electrons. The quantitative estimate of drug-likeness (QED) is 0.727. The van der Waals surface area contributed by atoms with Gasteiger partial charge in [0.25, 0.3) is 5.91 Å². The molecule has 0 N–H and O–H groups in total. The molecule has 4 heteroatoms. The van der Waals surface area contributed by atoms with Crippen LogP contribution in [-0.4, -0.2) is 35.5 Å². The molecule has 0 bridgehead atoms. The first-order valence-corrected chi connectivity index (χ1v) is 8.12. The number of carbonyl (C=O) groups is 1. The van der Waals surface area contributed by atoms with Gasteiger partial charge >= 0.3 is 0 Å². The van der Waals surface area contributed by atoms with Crippen molar-refractivity contribution in [1.29, 1.82) is 0 Å². The number of rotatable bonds is 2. The van der Waals surface area contributed by atoms with Gasteiger partial charge in [-0.1, -0.05) is 48.5 Å². The highest BCUT2D eigenvalue weighted by atomic mass is 16.5. The highest BCUT2D eigenvalue weighted by molar-refractivity contribution is 5.97. The highest BCUT2D eigenvalue weighted by Crippen LogP contribution is 2.23. The fraction of sp³-hybridized carbons (Fsp3) is 0.200. The molecule has 3 aromatic rings. The molecule has 1 atom stereocenters. The van der Waals surface area contributed by atoms with E-state index in [4.69, 9.17) is 4.74 Å². The number of aromatic nitrogens is 1. The monoisotopic (exact) mass is 318 g/mol. The molecule has 4 rings (SSSR count). The van der Waals surface area contributed by atoms with E-state index in [1.807, 2.05) is 65.6 Å². The summed E-state index contributed by atoms with van der Waals surface area (Å²) in [5, 5.41) is 0.983. The zero-order valence-electron chi connectivity index (χ0n) is 13.3. The fourth-order valence-corrected chi connectivity index (χ4v) is 3.07. The number of benzene rings is 2. The molecule has 1 aliphatic heterocycles. The van der Waals surface area contributed by atoms with E-state index in [2.05, 4.69) is 4.98 Å². The van der Waals surface area contributed by atoms with Crippen LogP contribution in [0.1, 0.15) is 22.0 Å². The van der Waals surface area contributed by atoms with E-state index < -0.39 is 0 Å². The molecule has 24 heavy (non-hydrogen) atoms. The molecule has 0 radical (unpaired) electrons. The molecule has 4 nitrogen and oxygen atoms in total. The molecule has 1 aliphatic rings. The summed E-state index contributed by atoms with van der Waals surface area (Å²) in [5.41, 5.74) is 2.63. The molecule has 0 aliphatic carbocycles. The number of amides is 1. The van der Waals surface area contributed by atoms with E-state index in [0.29, 0.717) is 25.3 Å². The Kier molecular flexibility index (Phi) is 3.97. The number of nitrogens with zero attached hydrogens (tertiary/aromatic N) is 2. The Labute approximate surface area is 140 Å². The average Bonchev–Trinajstić information content (AvgIpc) is 2.68. The van der Waals surface area contributed by atoms with Crippen LogP contribution in [0.3, 0.4) is 0 Å². The van der Waals surface area contributed by atoms with Gasteiger partial charge in [-0.05, 0) is 17.7 Å². The summed E-state index contributed by atoms with van der Waals surface area (Å²) in [6.07, 6.45) is 1.59. The number of fused-ring (bicyclic) bond motifs is 1. The molecule has 1 amide bonds. The summed E-state index contributed by atoms with van der Waals surface area (Å²) < 4.78 is 5.84. The van der Waals surface area contributed by atoms with Crippen molar-refractivity contribution in [2.45, 2.75) is 6.10 Å². The topological polar surface area (TPSA) is 42.4 Å². The van der Waals surface area contributed by atoms with Crippen LogP contribution in [0.5, 0.6) is 0 Å². The number of carbonyl (C=O) groups excluding carboxylic acids is 1. The van der Waals surface area contributed by atoms with Crippen molar-refractivity contribution in [3.05, 3.63) is 78.0 Å². The minimum atomic E-state index is -0.0719. The van der Waals surface area contributed by atoms with Gasteiger partial charge in [0.1, 0.15) is 6.10 Å². The first-order chi connectivity index (χ1) is 11.8. The maximum absolute atomic E-state index is 12.9. The van der Waals surface area contributed by atoms with Gasteiger partial charge in [0.15, 0.2) is 0 Å². The second-order valence-electron chi connectivity index (χ2n) is 5.94. The number of pyridine rings is 1. The Morgan fingerprint density at radius 1 is 1.08 bits per heavy atom. The molecule has 1 saturated heterocycles. The van der Waals surface area contributed by atoms with Gasteiger partial charge in [-0.3, -0.25) is 9.78 Å². The third-order valence-electron chi connectivity index (χ3n) is 4.36. The average molecular weight is 318 g/mol. The molecule has 0 saturated carbocycles. The van der Waals surface area contributed by atoms with Crippen LogP contribution >= 0.6 is 0 Å². The largest absolute Gasteiger partial charge is 0.370 e. The number of hydrogen-bond donors (Lipinski definition) is 0. The van der Waals surface area contributed by atoms with Crippen LogP contribution in [0, 0.1) is 0 Å². The van der Waals surface area contributed by atoms with Crippen molar-refractivity contribution in [1.82, 2.24) is 9.88 Å². The lowest BCUT2D eigenvalue weighted by molar-refractivity contribution is -0.0228. The Morgan fingerprint density at radius 2 is 1.88 bits per heavy atom.